The van der Waals surface area contributed by atoms with Crippen molar-refractivity contribution in [2.45, 2.75) is 15.7 Å². The van der Waals surface area contributed by atoms with Gasteiger partial charge >= 0.3 is 10.2 Å². The fraction of sp³-hybridized carbons (Fsp3) is 0.333. The van der Waals surface area contributed by atoms with Gasteiger partial charge in [-0.25, -0.2) is 21.6 Å². The molecule has 1 aliphatic heterocycles. The van der Waals surface area contributed by atoms with Crippen LogP contribution in [0.15, 0.2) is 28.0 Å². The maximum absolute atomic E-state index is 13.1. The lowest BCUT2D eigenvalue weighted by Gasteiger charge is -2.37. The van der Waals surface area contributed by atoms with Crippen LogP contribution in [0.2, 0.25) is 0 Å². The first-order chi connectivity index (χ1) is 8.93. The Morgan fingerprint density at radius 1 is 1.10 bits per heavy atom. The van der Waals surface area contributed by atoms with Gasteiger partial charge in [-0.3, -0.25) is 0 Å². The third kappa shape index (κ3) is 2.65. The molecular weight excluding hydrogens is 326 g/mol. The van der Waals surface area contributed by atoms with E-state index >= 15 is 0 Å². The molecule has 1 fully saturated rings. The molecule has 0 atom stereocenters. The number of sulfonamides is 1. The van der Waals surface area contributed by atoms with Crippen molar-refractivity contribution in [3.63, 3.8) is 0 Å². The predicted octanol–water partition coefficient (Wildman–Crippen LogP) is 1.12. The molecule has 1 aromatic carbocycles. The Labute approximate surface area is 112 Å². The average molecular weight is 333 g/mol. The monoisotopic (exact) mass is 333 g/mol. The molecule has 1 saturated heterocycles. The van der Waals surface area contributed by atoms with Gasteiger partial charge in [0, 0.05) is 0 Å². The van der Waals surface area contributed by atoms with Crippen LogP contribution >= 0.6 is 0 Å². The summed E-state index contributed by atoms with van der Waals surface area (Å²) >= 11 is 0. The quantitative estimate of drug-likeness (QED) is 0.614. The summed E-state index contributed by atoms with van der Waals surface area (Å²) < 4.78 is 96.6. The molecule has 0 bridgehead atoms. The molecule has 0 unspecified atom stereocenters. The van der Waals surface area contributed by atoms with Crippen LogP contribution in [0, 0.1) is 5.82 Å². The zero-order valence-corrected chi connectivity index (χ0v) is 11.2. The van der Waals surface area contributed by atoms with Crippen molar-refractivity contribution in [2.75, 3.05) is 13.1 Å². The Morgan fingerprint density at radius 2 is 1.65 bits per heavy atom. The van der Waals surface area contributed by atoms with Crippen LogP contribution in [0.3, 0.4) is 0 Å². The molecule has 0 amide bonds. The molecule has 0 aromatic heterocycles. The van der Waals surface area contributed by atoms with Gasteiger partial charge in [-0.2, -0.15) is 12.7 Å². The van der Waals surface area contributed by atoms with Crippen LogP contribution in [0.25, 0.3) is 0 Å². The highest BCUT2D eigenvalue weighted by molar-refractivity contribution is 7.89. The summed E-state index contributed by atoms with van der Waals surface area (Å²) in [5.41, 5.74) is 0. The van der Waals surface area contributed by atoms with Gasteiger partial charge in [0.2, 0.25) is 10.0 Å². The number of halogens is 4. The van der Waals surface area contributed by atoms with Crippen molar-refractivity contribution in [1.82, 2.24) is 4.31 Å². The van der Waals surface area contributed by atoms with E-state index in [0.717, 1.165) is 0 Å². The summed E-state index contributed by atoms with van der Waals surface area (Å²) in [5, 5.41) is 0. The van der Waals surface area contributed by atoms with E-state index in [2.05, 4.69) is 0 Å². The third-order valence-electron chi connectivity index (χ3n) is 2.62. The van der Waals surface area contributed by atoms with Gasteiger partial charge < -0.3 is 0 Å². The van der Waals surface area contributed by atoms with E-state index in [1.807, 2.05) is 0 Å². The first kappa shape index (κ1) is 15.2. The van der Waals surface area contributed by atoms with E-state index in [-0.39, 0.29) is 6.07 Å². The maximum atomic E-state index is 13.1. The standard InChI is InChI=1S/C9H7F4NO4S2/c10-7-2-1-6(3-8(7)19(13,15)16)20(17,18)14-4-9(11,12)5-14/h1-3H,4-5H2. The Bertz CT molecular complexity index is 752. The van der Waals surface area contributed by atoms with Crippen LogP contribution in [-0.2, 0) is 20.2 Å². The Morgan fingerprint density at radius 3 is 2.10 bits per heavy atom. The zero-order chi connectivity index (χ0) is 15.3. The lowest BCUT2D eigenvalue weighted by Crippen LogP contribution is -2.58. The second-order valence-electron chi connectivity index (χ2n) is 4.16. The number of nitrogens with zero attached hydrogens (tertiary/aromatic N) is 1. The van der Waals surface area contributed by atoms with Gasteiger partial charge in [-0.05, 0) is 18.2 Å². The molecule has 20 heavy (non-hydrogen) atoms. The summed E-state index contributed by atoms with van der Waals surface area (Å²) in [6, 6.07) is 1.38. The summed E-state index contributed by atoms with van der Waals surface area (Å²) in [6.07, 6.45) is 0. The van der Waals surface area contributed by atoms with Gasteiger partial charge in [0.05, 0.1) is 18.0 Å². The molecule has 1 aromatic rings. The number of hydrogen-bond donors (Lipinski definition) is 0. The first-order valence-corrected chi connectivity index (χ1v) is 7.88. The summed E-state index contributed by atoms with van der Waals surface area (Å²) in [4.78, 5) is -2.23. The van der Waals surface area contributed by atoms with E-state index in [1.54, 1.807) is 0 Å². The van der Waals surface area contributed by atoms with E-state index < -0.39 is 54.9 Å². The SMILES string of the molecule is O=S(=O)(F)c1cc(S(=O)(=O)N2CC(F)(F)C2)ccc1F. The normalized spacial score (nSPS) is 19.6. The number of hydrogen-bond acceptors (Lipinski definition) is 4. The summed E-state index contributed by atoms with van der Waals surface area (Å²) in [6.45, 7) is -2.13. The van der Waals surface area contributed by atoms with Crippen LogP contribution < -0.4 is 0 Å². The van der Waals surface area contributed by atoms with E-state index in [0.29, 0.717) is 16.4 Å². The minimum Gasteiger partial charge on any atom is -0.207 e. The smallest absolute Gasteiger partial charge is 0.207 e. The minimum absolute atomic E-state index is 0.260. The second-order valence-corrected chi connectivity index (χ2v) is 7.41. The molecule has 5 nitrogen and oxygen atoms in total. The van der Waals surface area contributed by atoms with Gasteiger partial charge in [-0.15, -0.1) is 3.89 Å². The highest BCUT2D eigenvalue weighted by Gasteiger charge is 2.50. The molecule has 11 heteroatoms. The Hall–Kier alpha value is -1.20. The summed E-state index contributed by atoms with van der Waals surface area (Å²) in [7, 11) is -9.88. The van der Waals surface area contributed by atoms with Crippen LogP contribution in [0.4, 0.5) is 17.1 Å². The number of alkyl halides is 2. The van der Waals surface area contributed by atoms with E-state index in [4.69, 9.17) is 0 Å². The van der Waals surface area contributed by atoms with E-state index in [1.165, 1.54) is 0 Å². The molecule has 2 rings (SSSR count). The molecule has 0 saturated carbocycles. The number of rotatable bonds is 3. The lowest BCUT2D eigenvalue weighted by molar-refractivity contribution is -0.0945. The average Bonchev–Trinajstić information content (AvgIpc) is 2.24. The fourth-order valence-electron chi connectivity index (χ4n) is 1.62. The molecule has 0 N–H and O–H groups in total. The second kappa shape index (κ2) is 4.40. The van der Waals surface area contributed by atoms with Crippen LogP contribution in [0.5, 0.6) is 0 Å². The van der Waals surface area contributed by atoms with Crippen molar-refractivity contribution in [3.8, 4) is 0 Å². The molecule has 0 aliphatic carbocycles. The first-order valence-electron chi connectivity index (χ1n) is 5.06. The van der Waals surface area contributed by atoms with Crippen LogP contribution in [-0.4, -0.2) is 40.2 Å². The maximum Gasteiger partial charge on any atom is 0.335 e. The third-order valence-corrected chi connectivity index (χ3v) is 5.24. The van der Waals surface area contributed by atoms with Crippen LogP contribution in [0.1, 0.15) is 0 Å². The molecular formula is C9H7F4NO4S2. The number of benzene rings is 1. The predicted molar refractivity (Wildman–Crippen MR) is 58.4 cm³/mol. The minimum atomic E-state index is -5.46. The van der Waals surface area contributed by atoms with Gasteiger partial charge in [-0.1, -0.05) is 0 Å². The lowest BCUT2D eigenvalue weighted by atomic mass is 10.2. The van der Waals surface area contributed by atoms with Gasteiger partial charge in [0.1, 0.15) is 10.7 Å². The van der Waals surface area contributed by atoms with Crippen molar-refractivity contribution in [3.05, 3.63) is 24.0 Å². The van der Waals surface area contributed by atoms with Crippen molar-refractivity contribution >= 4 is 20.2 Å². The fourth-order valence-corrected chi connectivity index (χ4v) is 3.79. The molecule has 0 radical (unpaired) electrons. The van der Waals surface area contributed by atoms with E-state index in [9.17, 15) is 33.9 Å². The van der Waals surface area contributed by atoms with Gasteiger partial charge in [0.25, 0.3) is 5.92 Å². The molecule has 0 spiro atoms. The molecule has 1 heterocycles. The molecule has 112 valence electrons. The van der Waals surface area contributed by atoms with Crippen molar-refractivity contribution < 1.29 is 33.9 Å². The highest BCUT2D eigenvalue weighted by atomic mass is 32.3. The topological polar surface area (TPSA) is 71.5 Å². The summed E-state index contributed by atoms with van der Waals surface area (Å²) in [5.74, 6) is -4.64. The zero-order valence-electron chi connectivity index (χ0n) is 9.55. The largest absolute Gasteiger partial charge is 0.335 e. The Balaban J connectivity index is 2.45. The van der Waals surface area contributed by atoms with Crippen molar-refractivity contribution in [2.24, 2.45) is 0 Å². The Kier molecular flexibility index (Phi) is 3.34. The van der Waals surface area contributed by atoms with Crippen molar-refractivity contribution in [1.29, 1.82) is 0 Å². The molecule has 1 aliphatic rings. The highest BCUT2D eigenvalue weighted by Crippen LogP contribution is 2.33. The van der Waals surface area contributed by atoms with Gasteiger partial charge in [0.15, 0.2) is 0 Å².